The summed E-state index contributed by atoms with van der Waals surface area (Å²) in [6, 6.07) is 7.13. The monoisotopic (exact) mass is 392 g/mol. The summed E-state index contributed by atoms with van der Waals surface area (Å²) in [7, 11) is 0. The Balaban J connectivity index is 1.26. The molecule has 1 aromatic carbocycles. The molecule has 27 heavy (non-hydrogen) atoms. The van der Waals surface area contributed by atoms with Crippen LogP contribution in [0.2, 0.25) is 5.02 Å². The molecule has 2 amide bonds. The first-order valence-electron chi connectivity index (χ1n) is 9.59. The van der Waals surface area contributed by atoms with Crippen LogP contribution in [0.15, 0.2) is 24.3 Å². The molecule has 7 heteroatoms. The molecule has 1 aliphatic heterocycles. The van der Waals surface area contributed by atoms with Crippen LogP contribution in [-0.2, 0) is 14.3 Å². The van der Waals surface area contributed by atoms with Crippen LogP contribution in [0.5, 0.6) is 5.75 Å². The van der Waals surface area contributed by atoms with E-state index in [1.165, 1.54) is 0 Å². The molecule has 1 heterocycles. The van der Waals surface area contributed by atoms with Gasteiger partial charge in [0.2, 0.25) is 5.91 Å². The van der Waals surface area contributed by atoms with Gasteiger partial charge in [-0.15, -0.1) is 0 Å². The second-order valence-corrected chi connectivity index (χ2v) is 8.32. The van der Waals surface area contributed by atoms with Crippen LogP contribution in [0.25, 0.3) is 0 Å². The minimum Gasteiger partial charge on any atom is -0.484 e. The first kappa shape index (κ1) is 18.6. The van der Waals surface area contributed by atoms with Crippen LogP contribution in [0, 0.1) is 11.3 Å². The summed E-state index contributed by atoms with van der Waals surface area (Å²) in [5, 5.41) is 6.86. The van der Waals surface area contributed by atoms with Crippen LogP contribution in [0.3, 0.4) is 0 Å². The van der Waals surface area contributed by atoms with E-state index in [4.69, 9.17) is 21.1 Å². The lowest BCUT2D eigenvalue weighted by molar-refractivity contribution is -0.133. The Morgan fingerprint density at radius 3 is 2.59 bits per heavy atom. The number of carbonyl (C=O) groups is 2. The van der Waals surface area contributed by atoms with Gasteiger partial charge >= 0.3 is 0 Å². The molecular formula is C20H25ClN2O4. The number of carbonyl (C=O) groups excluding carboxylic acids is 2. The predicted molar refractivity (Wildman–Crippen MR) is 101 cm³/mol. The number of rotatable bonds is 6. The van der Waals surface area contributed by atoms with E-state index in [1.54, 1.807) is 24.3 Å². The van der Waals surface area contributed by atoms with Crippen LogP contribution < -0.4 is 15.4 Å². The molecule has 2 saturated carbocycles. The highest BCUT2D eigenvalue weighted by atomic mass is 35.5. The third-order valence-corrected chi connectivity index (χ3v) is 6.50. The zero-order valence-corrected chi connectivity index (χ0v) is 16.1. The minimum atomic E-state index is -0.308. The van der Waals surface area contributed by atoms with E-state index in [9.17, 15) is 9.59 Å². The van der Waals surface area contributed by atoms with Crippen molar-refractivity contribution in [2.75, 3.05) is 13.2 Å². The third kappa shape index (κ3) is 3.65. The summed E-state index contributed by atoms with van der Waals surface area (Å²) in [5.74, 6) is 0.951. The van der Waals surface area contributed by atoms with Gasteiger partial charge in [0.1, 0.15) is 11.9 Å². The maximum atomic E-state index is 12.3. The molecule has 5 atom stereocenters. The predicted octanol–water partition coefficient (Wildman–Crippen LogP) is 2.30. The standard InChI is InChI=1S/C20H25ClN2O4/c1-12-10-20(12)16(9-17(20)23-19(25)15-3-2-8-26-15)22-18(24)11-27-14-6-4-13(21)5-7-14/h4-7,12,15-17H,2-3,8-11H2,1H3,(H,22,24)(H,23,25). The van der Waals surface area contributed by atoms with Gasteiger partial charge in [0.15, 0.2) is 6.61 Å². The van der Waals surface area contributed by atoms with Crippen molar-refractivity contribution in [3.63, 3.8) is 0 Å². The van der Waals surface area contributed by atoms with Gasteiger partial charge in [-0.25, -0.2) is 0 Å². The fraction of sp³-hybridized carbons (Fsp3) is 0.600. The van der Waals surface area contributed by atoms with Gasteiger partial charge in [0, 0.05) is 29.1 Å². The number of amides is 2. The third-order valence-electron chi connectivity index (χ3n) is 6.24. The zero-order chi connectivity index (χ0) is 19.0. The summed E-state index contributed by atoms with van der Waals surface area (Å²) >= 11 is 5.84. The Morgan fingerprint density at radius 2 is 1.96 bits per heavy atom. The van der Waals surface area contributed by atoms with E-state index in [1.807, 2.05) is 0 Å². The maximum absolute atomic E-state index is 12.3. The van der Waals surface area contributed by atoms with Crippen LogP contribution >= 0.6 is 11.6 Å². The Labute approximate surface area is 163 Å². The quantitative estimate of drug-likeness (QED) is 0.778. The van der Waals surface area contributed by atoms with Gasteiger partial charge in [0.05, 0.1) is 0 Å². The average molecular weight is 393 g/mol. The molecule has 6 nitrogen and oxygen atoms in total. The molecule has 1 saturated heterocycles. The molecule has 2 N–H and O–H groups in total. The van der Waals surface area contributed by atoms with Crippen molar-refractivity contribution in [3.05, 3.63) is 29.3 Å². The average Bonchev–Trinajstić information content (AvgIpc) is 3.11. The molecular weight excluding hydrogens is 368 g/mol. The highest BCUT2D eigenvalue weighted by Gasteiger charge is 2.68. The number of halogens is 1. The Hall–Kier alpha value is -1.79. The molecule has 2 aliphatic carbocycles. The first-order valence-corrected chi connectivity index (χ1v) is 9.96. The Kier molecular flexibility index (Phi) is 5.03. The van der Waals surface area contributed by atoms with E-state index < -0.39 is 0 Å². The molecule has 0 radical (unpaired) electrons. The second-order valence-electron chi connectivity index (χ2n) is 7.88. The number of benzene rings is 1. The summed E-state index contributed by atoms with van der Waals surface area (Å²) in [5.41, 5.74) is -0.00973. The number of hydrogen-bond donors (Lipinski definition) is 2. The number of ether oxygens (including phenoxy) is 2. The molecule has 0 aromatic heterocycles. The lowest BCUT2D eigenvalue weighted by atomic mass is 9.69. The zero-order valence-electron chi connectivity index (χ0n) is 15.4. The van der Waals surface area contributed by atoms with Gasteiger partial charge in [-0.2, -0.15) is 0 Å². The molecule has 5 unspecified atom stereocenters. The Morgan fingerprint density at radius 1 is 1.26 bits per heavy atom. The normalized spacial score (nSPS) is 34.0. The maximum Gasteiger partial charge on any atom is 0.258 e. The van der Waals surface area contributed by atoms with Gasteiger partial charge < -0.3 is 20.1 Å². The van der Waals surface area contributed by atoms with E-state index >= 15 is 0 Å². The Bertz CT molecular complexity index is 719. The van der Waals surface area contributed by atoms with Gasteiger partial charge in [-0.05, 0) is 55.9 Å². The van der Waals surface area contributed by atoms with Crippen LogP contribution in [0.4, 0.5) is 0 Å². The van der Waals surface area contributed by atoms with Crippen molar-refractivity contribution in [1.82, 2.24) is 10.6 Å². The summed E-state index contributed by atoms with van der Waals surface area (Å²) in [6.45, 7) is 2.81. The van der Waals surface area contributed by atoms with Crippen LogP contribution in [0.1, 0.15) is 32.6 Å². The fourth-order valence-electron chi connectivity index (χ4n) is 4.55. The summed E-state index contributed by atoms with van der Waals surface area (Å²) < 4.78 is 11.0. The lowest BCUT2D eigenvalue weighted by Crippen LogP contribution is -2.65. The van der Waals surface area contributed by atoms with E-state index in [0.29, 0.717) is 23.3 Å². The minimum absolute atomic E-state index is 0.00757. The van der Waals surface area contributed by atoms with Crippen molar-refractivity contribution in [2.24, 2.45) is 11.3 Å². The van der Waals surface area contributed by atoms with Crippen molar-refractivity contribution >= 4 is 23.4 Å². The van der Waals surface area contributed by atoms with Gasteiger partial charge in [0.25, 0.3) is 5.91 Å². The van der Waals surface area contributed by atoms with E-state index in [-0.39, 0.29) is 42.0 Å². The van der Waals surface area contributed by atoms with Crippen molar-refractivity contribution in [1.29, 1.82) is 0 Å². The second kappa shape index (κ2) is 7.32. The number of hydrogen-bond acceptors (Lipinski definition) is 4. The SMILES string of the molecule is CC1CC12C(NC(=O)COc1ccc(Cl)cc1)CC2NC(=O)C1CCCO1. The highest BCUT2D eigenvalue weighted by molar-refractivity contribution is 6.30. The van der Waals surface area contributed by atoms with Crippen molar-refractivity contribution in [2.45, 2.75) is 50.8 Å². The highest BCUT2D eigenvalue weighted by Crippen LogP contribution is 2.65. The molecule has 3 fully saturated rings. The molecule has 1 aromatic rings. The fourth-order valence-corrected chi connectivity index (χ4v) is 4.68. The van der Waals surface area contributed by atoms with Crippen molar-refractivity contribution < 1.29 is 19.1 Å². The molecule has 3 aliphatic rings. The number of nitrogens with one attached hydrogen (secondary N) is 2. The van der Waals surface area contributed by atoms with E-state index in [0.717, 1.165) is 25.7 Å². The molecule has 1 spiro atoms. The van der Waals surface area contributed by atoms with E-state index in [2.05, 4.69) is 17.6 Å². The topological polar surface area (TPSA) is 76.7 Å². The molecule has 146 valence electrons. The van der Waals surface area contributed by atoms with Crippen molar-refractivity contribution in [3.8, 4) is 5.75 Å². The first-order chi connectivity index (χ1) is 13.0. The van der Waals surface area contributed by atoms with Crippen LogP contribution in [-0.4, -0.2) is 43.2 Å². The largest absolute Gasteiger partial charge is 0.484 e. The lowest BCUT2D eigenvalue weighted by Gasteiger charge is -2.47. The smallest absolute Gasteiger partial charge is 0.258 e. The summed E-state index contributed by atoms with van der Waals surface area (Å²) in [6.07, 6.45) is 3.21. The molecule has 0 bridgehead atoms. The van der Waals surface area contributed by atoms with Gasteiger partial charge in [-0.1, -0.05) is 18.5 Å². The molecule has 4 rings (SSSR count). The van der Waals surface area contributed by atoms with Gasteiger partial charge in [-0.3, -0.25) is 9.59 Å². The summed E-state index contributed by atoms with van der Waals surface area (Å²) in [4.78, 5) is 24.6.